The number of amides is 1. The van der Waals surface area contributed by atoms with Crippen LogP contribution < -0.4 is 11.1 Å². The number of ether oxygens (including phenoxy) is 1. The fraction of sp³-hybridized carbons (Fsp3) is 0.545. The highest BCUT2D eigenvalue weighted by Gasteiger charge is 2.45. The van der Waals surface area contributed by atoms with E-state index in [0.717, 1.165) is 55.8 Å². The van der Waals surface area contributed by atoms with E-state index in [4.69, 9.17) is 20.4 Å². The minimum absolute atomic E-state index is 0.0548. The Morgan fingerprint density at radius 2 is 2.03 bits per heavy atom. The number of rotatable bonds is 5. The third kappa shape index (κ3) is 7.87. The Kier molecular flexibility index (Phi) is 9.03. The van der Waals surface area contributed by atoms with Gasteiger partial charge in [-0.1, -0.05) is 18.9 Å². The van der Waals surface area contributed by atoms with Crippen LogP contribution in [0, 0.1) is 0 Å². The van der Waals surface area contributed by atoms with Crippen LogP contribution in [0.25, 0.3) is 0 Å². The van der Waals surface area contributed by atoms with E-state index in [9.17, 15) is 18.0 Å². The molecule has 1 saturated heterocycles. The average molecular weight is 516 g/mol. The predicted molar refractivity (Wildman–Crippen MR) is 123 cm³/mol. The van der Waals surface area contributed by atoms with Crippen LogP contribution in [0.3, 0.4) is 0 Å². The highest BCUT2D eigenvalue weighted by atomic mass is 32.1. The summed E-state index contributed by atoms with van der Waals surface area (Å²) in [5.41, 5.74) is 6.32. The summed E-state index contributed by atoms with van der Waals surface area (Å²) < 4.78 is 38.1. The van der Waals surface area contributed by atoms with Crippen LogP contribution >= 0.6 is 11.3 Å². The highest BCUT2D eigenvalue weighted by Crippen LogP contribution is 2.35. The monoisotopic (exact) mass is 515 g/mol. The van der Waals surface area contributed by atoms with Gasteiger partial charge in [-0.2, -0.15) is 13.2 Å². The van der Waals surface area contributed by atoms with E-state index in [0.29, 0.717) is 19.0 Å². The zero-order valence-electron chi connectivity index (χ0n) is 19.0. The molecule has 2 fully saturated rings. The van der Waals surface area contributed by atoms with Gasteiger partial charge in [-0.05, 0) is 24.3 Å². The van der Waals surface area contributed by atoms with Gasteiger partial charge in [-0.15, -0.1) is 11.3 Å². The van der Waals surface area contributed by atoms with Crippen molar-refractivity contribution >= 4 is 29.2 Å². The summed E-state index contributed by atoms with van der Waals surface area (Å²) >= 11 is 1.62. The molecule has 2 aromatic heterocycles. The van der Waals surface area contributed by atoms with Gasteiger partial charge in [0.15, 0.2) is 0 Å². The number of hydrogen-bond acceptors (Lipinski definition) is 8. The van der Waals surface area contributed by atoms with Gasteiger partial charge in [0.2, 0.25) is 11.9 Å². The number of anilines is 1. The van der Waals surface area contributed by atoms with Gasteiger partial charge in [-0.25, -0.2) is 14.8 Å². The van der Waals surface area contributed by atoms with Crippen LogP contribution in [0.5, 0.6) is 0 Å². The van der Waals surface area contributed by atoms with Crippen molar-refractivity contribution in [1.82, 2.24) is 20.2 Å². The molecule has 13 heteroatoms. The number of halogens is 3. The predicted octanol–water partition coefficient (Wildman–Crippen LogP) is 2.63. The maximum Gasteiger partial charge on any atom is 0.490 e. The largest absolute Gasteiger partial charge is 0.490 e. The minimum Gasteiger partial charge on any atom is -0.475 e. The molecule has 4 N–H and O–H groups in total. The summed E-state index contributed by atoms with van der Waals surface area (Å²) in [6.07, 6.45) is 3.13. The molecule has 4 rings (SSSR count). The zero-order chi connectivity index (χ0) is 25.5. The van der Waals surface area contributed by atoms with Crippen molar-refractivity contribution in [2.24, 2.45) is 0 Å². The number of aromatic nitrogens is 2. The topological polar surface area (TPSA) is 131 Å². The van der Waals surface area contributed by atoms with Crippen LogP contribution in [-0.2, 0) is 27.3 Å². The quantitative estimate of drug-likeness (QED) is 0.554. The molecule has 0 radical (unpaired) electrons. The van der Waals surface area contributed by atoms with Crippen molar-refractivity contribution in [2.45, 2.75) is 56.5 Å². The molecular weight excluding hydrogens is 487 g/mol. The molecule has 192 valence electrons. The van der Waals surface area contributed by atoms with E-state index < -0.39 is 12.1 Å². The Bertz CT molecular complexity index is 970. The number of carboxylic acids is 1. The number of carboxylic acid groups (broad SMARTS) is 1. The molecule has 0 bridgehead atoms. The normalized spacial score (nSPS) is 22.8. The van der Waals surface area contributed by atoms with Crippen LogP contribution in [0.2, 0.25) is 0 Å². The van der Waals surface area contributed by atoms with Crippen molar-refractivity contribution in [1.29, 1.82) is 0 Å². The summed E-state index contributed by atoms with van der Waals surface area (Å²) in [6.45, 7) is 3.11. The van der Waals surface area contributed by atoms with Crippen LogP contribution in [0.1, 0.15) is 36.1 Å². The Labute approximate surface area is 204 Å². The lowest BCUT2D eigenvalue weighted by atomic mass is 9.78. The first-order chi connectivity index (χ1) is 16.6. The molecule has 1 aliphatic carbocycles. The van der Waals surface area contributed by atoms with Gasteiger partial charge in [-0.3, -0.25) is 9.69 Å². The lowest BCUT2D eigenvalue weighted by Crippen LogP contribution is -2.64. The summed E-state index contributed by atoms with van der Waals surface area (Å²) in [4.78, 5) is 33.2. The molecule has 9 nitrogen and oxygen atoms in total. The maximum absolute atomic E-state index is 12.6. The molecule has 2 unspecified atom stereocenters. The molecule has 1 amide bonds. The van der Waals surface area contributed by atoms with Gasteiger partial charge in [0.1, 0.15) is 5.60 Å². The summed E-state index contributed by atoms with van der Waals surface area (Å²) in [6, 6.07) is 4.05. The molecular formula is C22H28F3N5O4S. The molecule has 35 heavy (non-hydrogen) atoms. The third-order valence-corrected chi connectivity index (χ3v) is 6.77. The van der Waals surface area contributed by atoms with Gasteiger partial charge in [0.25, 0.3) is 0 Å². The summed E-state index contributed by atoms with van der Waals surface area (Å²) in [5.74, 6) is -2.38. The first-order valence-corrected chi connectivity index (χ1v) is 12.0. The smallest absolute Gasteiger partial charge is 0.475 e. The number of hydrogen-bond donors (Lipinski definition) is 3. The van der Waals surface area contributed by atoms with Gasteiger partial charge < -0.3 is 20.9 Å². The molecule has 1 aliphatic heterocycles. The van der Waals surface area contributed by atoms with Gasteiger partial charge in [0.05, 0.1) is 19.1 Å². The maximum atomic E-state index is 12.6. The standard InChI is InChI=1S/C20H27N5O2S.C2HF3O2/c21-19-22-11-15(12-23-19)13-25-7-8-27-20(14-25)6-2-1-5-17(20)24-18(26)10-16-4-3-9-28-16;3-2(4,5)1(6)7/h3-4,9,11-12,17H,1-2,5-8,10,13-14H2,(H,24,26)(H2,21,22,23);(H,6,7). The Hall–Kier alpha value is -2.77. The first kappa shape index (κ1) is 26.8. The fourth-order valence-electron chi connectivity index (χ4n) is 4.31. The number of carbonyl (C=O) groups excluding carboxylic acids is 1. The van der Waals surface area contributed by atoms with E-state index in [-0.39, 0.29) is 17.6 Å². The second kappa shape index (κ2) is 11.8. The second-order valence-corrected chi connectivity index (χ2v) is 9.53. The number of thiophene rings is 1. The van der Waals surface area contributed by atoms with Crippen molar-refractivity contribution in [3.05, 3.63) is 40.3 Å². The van der Waals surface area contributed by atoms with Crippen LogP contribution in [0.15, 0.2) is 29.9 Å². The summed E-state index contributed by atoms with van der Waals surface area (Å²) in [5, 5.41) is 12.4. The average Bonchev–Trinajstić information content (AvgIpc) is 3.30. The molecule has 3 heterocycles. The number of carbonyl (C=O) groups is 2. The number of nitrogens with one attached hydrogen (secondary N) is 1. The van der Waals surface area contributed by atoms with Crippen molar-refractivity contribution < 1.29 is 32.6 Å². The minimum atomic E-state index is -5.08. The number of nitrogens with zero attached hydrogens (tertiary/aromatic N) is 3. The molecule has 1 spiro atoms. The molecule has 2 atom stereocenters. The molecule has 1 saturated carbocycles. The Morgan fingerprint density at radius 3 is 2.66 bits per heavy atom. The molecule has 2 aliphatic rings. The zero-order valence-corrected chi connectivity index (χ0v) is 19.8. The number of morpholine rings is 1. The molecule has 0 aromatic carbocycles. The van der Waals surface area contributed by atoms with E-state index >= 15 is 0 Å². The Morgan fingerprint density at radius 1 is 1.31 bits per heavy atom. The summed E-state index contributed by atoms with van der Waals surface area (Å²) in [7, 11) is 0. The number of aliphatic carboxylic acids is 1. The number of alkyl halides is 3. The first-order valence-electron chi connectivity index (χ1n) is 11.1. The SMILES string of the molecule is Nc1ncc(CN2CCOC3(CCCCC3NC(=O)Cc3cccs3)C2)cn1.O=C(O)C(F)(F)F. The Balaban J connectivity index is 0.000000429. The van der Waals surface area contributed by atoms with Gasteiger partial charge >= 0.3 is 12.1 Å². The van der Waals surface area contributed by atoms with Crippen LogP contribution in [0.4, 0.5) is 19.1 Å². The van der Waals surface area contributed by atoms with E-state index in [1.54, 1.807) is 23.7 Å². The lowest BCUT2D eigenvalue weighted by molar-refractivity contribution is -0.192. The lowest BCUT2D eigenvalue weighted by Gasteiger charge is -2.49. The second-order valence-electron chi connectivity index (χ2n) is 8.50. The van der Waals surface area contributed by atoms with E-state index in [1.165, 1.54) is 0 Å². The van der Waals surface area contributed by atoms with Crippen molar-refractivity contribution in [3.63, 3.8) is 0 Å². The van der Waals surface area contributed by atoms with Crippen LogP contribution in [-0.4, -0.2) is 69.4 Å². The number of nitrogens with two attached hydrogens (primary N) is 1. The van der Waals surface area contributed by atoms with Crippen molar-refractivity contribution in [2.75, 3.05) is 25.4 Å². The van der Waals surface area contributed by atoms with Crippen molar-refractivity contribution in [3.8, 4) is 0 Å². The van der Waals surface area contributed by atoms with Gasteiger partial charge in [0, 0.05) is 42.5 Å². The number of nitrogen functional groups attached to an aromatic ring is 1. The molecule has 2 aromatic rings. The third-order valence-electron chi connectivity index (χ3n) is 5.89. The highest BCUT2D eigenvalue weighted by molar-refractivity contribution is 7.10. The fourth-order valence-corrected chi connectivity index (χ4v) is 5.02. The van der Waals surface area contributed by atoms with E-state index in [1.807, 2.05) is 17.5 Å². The van der Waals surface area contributed by atoms with E-state index in [2.05, 4.69) is 20.2 Å².